The fourth-order valence-electron chi connectivity index (χ4n) is 2.94. The van der Waals surface area contributed by atoms with E-state index in [1.807, 2.05) is 48.5 Å². The van der Waals surface area contributed by atoms with Crippen molar-refractivity contribution in [3.63, 3.8) is 0 Å². The van der Waals surface area contributed by atoms with Crippen LogP contribution in [-0.4, -0.2) is 22.6 Å². The Hall–Kier alpha value is -3.90. The molecule has 0 radical (unpaired) electrons. The van der Waals surface area contributed by atoms with Crippen LogP contribution in [0.1, 0.15) is 33.1 Å². The predicted molar refractivity (Wildman–Crippen MR) is 98.7 cm³/mol. The van der Waals surface area contributed by atoms with Gasteiger partial charge in [-0.1, -0.05) is 42.5 Å². The number of benzene rings is 2. The number of hydrogen-bond acceptors (Lipinski definition) is 5. The molecule has 0 saturated heterocycles. The van der Waals surface area contributed by atoms with E-state index in [1.54, 1.807) is 23.6 Å². The summed E-state index contributed by atoms with van der Waals surface area (Å²) in [6, 6.07) is 18.9. The maximum atomic E-state index is 12.0. The van der Waals surface area contributed by atoms with Crippen LogP contribution >= 0.6 is 0 Å². The van der Waals surface area contributed by atoms with Crippen LogP contribution in [0.4, 0.5) is 0 Å². The summed E-state index contributed by atoms with van der Waals surface area (Å²) in [5.74, 6) is 0.231. The average molecular weight is 356 g/mol. The number of rotatable bonds is 4. The average Bonchev–Trinajstić information content (AvgIpc) is 3.02. The van der Waals surface area contributed by atoms with Gasteiger partial charge in [0.05, 0.1) is 19.2 Å². The second-order valence-electron chi connectivity index (χ2n) is 5.90. The van der Waals surface area contributed by atoms with Crippen LogP contribution in [0.5, 0.6) is 0 Å². The molecule has 0 saturated carbocycles. The van der Waals surface area contributed by atoms with E-state index in [2.05, 4.69) is 4.98 Å². The van der Waals surface area contributed by atoms with Gasteiger partial charge in [-0.05, 0) is 29.7 Å². The molecule has 1 heterocycles. The zero-order valence-corrected chi connectivity index (χ0v) is 14.9. The minimum Gasteiger partial charge on any atom is -0.465 e. The normalized spacial score (nSPS) is 10.1. The van der Waals surface area contributed by atoms with Gasteiger partial charge in [-0.3, -0.25) is 0 Å². The Bertz CT molecular complexity index is 1080. The summed E-state index contributed by atoms with van der Waals surface area (Å²) < 4.78 is 6.56. The molecule has 6 nitrogen and oxygen atoms in total. The zero-order valence-electron chi connectivity index (χ0n) is 14.9. The Labute approximate surface area is 156 Å². The van der Waals surface area contributed by atoms with E-state index in [1.165, 1.54) is 7.11 Å². The molecule has 0 aliphatic carbocycles. The summed E-state index contributed by atoms with van der Waals surface area (Å²) in [5, 5.41) is 18.4. The predicted octanol–water partition coefficient (Wildman–Crippen LogP) is 3.44. The highest BCUT2D eigenvalue weighted by atomic mass is 16.5. The molecule has 132 valence electrons. The van der Waals surface area contributed by atoms with Crippen LogP contribution in [-0.2, 0) is 11.3 Å². The molecule has 0 atom stereocenters. The summed E-state index contributed by atoms with van der Waals surface area (Å²) in [5.41, 5.74) is 3.53. The molecule has 0 fully saturated rings. The van der Waals surface area contributed by atoms with Crippen LogP contribution < -0.4 is 0 Å². The van der Waals surface area contributed by atoms with E-state index in [-0.39, 0.29) is 17.4 Å². The van der Waals surface area contributed by atoms with E-state index in [4.69, 9.17) is 10.00 Å². The molecule has 0 amide bonds. The monoisotopic (exact) mass is 356 g/mol. The number of carbonyl (C=O) groups excluding carboxylic acids is 1. The third-order valence-corrected chi connectivity index (χ3v) is 4.31. The zero-order chi connectivity index (χ0) is 19.4. The van der Waals surface area contributed by atoms with Gasteiger partial charge in [0.2, 0.25) is 0 Å². The second kappa shape index (κ2) is 7.55. The van der Waals surface area contributed by atoms with Gasteiger partial charge in [-0.15, -0.1) is 0 Å². The first kappa shape index (κ1) is 17.9. The first-order chi connectivity index (χ1) is 13.1. The van der Waals surface area contributed by atoms with Gasteiger partial charge in [0, 0.05) is 0 Å². The topological polar surface area (TPSA) is 91.7 Å². The van der Waals surface area contributed by atoms with Crippen LogP contribution in [0.25, 0.3) is 11.1 Å². The minimum absolute atomic E-state index is 0.138. The molecule has 0 N–H and O–H groups in total. The van der Waals surface area contributed by atoms with Crippen LogP contribution in [0.15, 0.2) is 48.5 Å². The molecule has 0 aliphatic heterocycles. The number of imidazole rings is 1. The van der Waals surface area contributed by atoms with Gasteiger partial charge in [-0.2, -0.15) is 10.5 Å². The van der Waals surface area contributed by atoms with Crippen molar-refractivity contribution in [1.29, 1.82) is 10.5 Å². The number of carbonyl (C=O) groups is 1. The Morgan fingerprint density at radius 1 is 1.11 bits per heavy atom. The van der Waals surface area contributed by atoms with Crippen molar-refractivity contribution in [2.45, 2.75) is 13.5 Å². The van der Waals surface area contributed by atoms with Crippen molar-refractivity contribution in [1.82, 2.24) is 9.55 Å². The molecule has 2 aromatic carbocycles. The van der Waals surface area contributed by atoms with E-state index < -0.39 is 0 Å². The lowest BCUT2D eigenvalue weighted by Gasteiger charge is -2.10. The number of nitrogens with zero attached hydrogens (tertiary/aromatic N) is 4. The maximum absolute atomic E-state index is 12.0. The number of aryl methyl sites for hydroxylation is 1. The lowest BCUT2D eigenvalue weighted by molar-refractivity contribution is 0.0601. The maximum Gasteiger partial charge on any atom is 0.338 e. The molecular formula is C21H16N4O2. The summed E-state index contributed by atoms with van der Waals surface area (Å²) in [6.45, 7) is 2.20. The van der Waals surface area contributed by atoms with Crippen molar-refractivity contribution in [2.75, 3.05) is 7.11 Å². The highest BCUT2D eigenvalue weighted by Crippen LogP contribution is 2.25. The number of methoxy groups -OCH3 is 1. The number of aromatic nitrogens is 2. The summed E-state index contributed by atoms with van der Waals surface area (Å²) in [4.78, 5) is 16.1. The lowest BCUT2D eigenvalue weighted by Crippen LogP contribution is -2.05. The lowest BCUT2D eigenvalue weighted by atomic mass is 9.98. The second-order valence-corrected chi connectivity index (χ2v) is 5.90. The molecule has 3 aromatic rings. The van der Waals surface area contributed by atoms with E-state index in [9.17, 15) is 10.1 Å². The van der Waals surface area contributed by atoms with Crippen molar-refractivity contribution in [2.24, 2.45) is 0 Å². The molecule has 3 rings (SSSR count). The number of hydrogen-bond donors (Lipinski definition) is 0. The summed E-state index contributed by atoms with van der Waals surface area (Å²) in [7, 11) is 1.36. The van der Waals surface area contributed by atoms with Crippen molar-refractivity contribution in [3.8, 4) is 23.3 Å². The van der Waals surface area contributed by atoms with Crippen molar-refractivity contribution < 1.29 is 9.53 Å². The molecule has 27 heavy (non-hydrogen) atoms. The van der Waals surface area contributed by atoms with Crippen LogP contribution in [0.3, 0.4) is 0 Å². The standard InChI is InChI=1S/C21H16N4O2/c1-14-24-19(11-22)20(12-23)25(14)13-15-7-9-16(10-8-15)17-5-3-4-6-18(17)21(26)27-2/h3-10H,13H2,1-2H3. The van der Waals surface area contributed by atoms with Crippen LogP contribution in [0, 0.1) is 29.6 Å². The van der Waals surface area contributed by atoms with Gasteiger partial charge >= 0.3 is 5.97 Å². The molecule has 0 aliphatic rings. The molecule has 0 bridgehead atoms. The molecular weight excluding hydrogens is 340 g/mol. The van der Waals surface area contributed by atoms with Gasteiger partial charge < -0.3 is 9.30 Å². The van der Waals surface area contributed by atoms with Crippen molar-refractivity contribution in [3.05, 3.63) is 76.9 Å². The quantitative estimate of drug-likeness (QED) is 0.668. The van der Waals surface area contributed by atoms with E-state index >= 15 is 0 Å². The number of esters is 1. The molecule has 1 aromatic heterocycles. The Morgan fingerprint density at radius 3 is 2.44 bits per heavy atom. The highest BCUT2D eigenvalue weighted by molar-refractivity contribution is 5.97. The Balaban J connectivity index is 1.93. The molecule has 0 spiro atoms. The SMILES string of the molecule is COC(=O)c1ccccc1-c1ccc(Cn2c(C)nc(C#N)c2C#N)cc1. The van der Waals surface area contributed by atoms with Gasteiger partial charge in [-0.25, -0.2) is 9.78 Å². The highest BCUT2D eigenvalue weighted by Gasteiger charge is 2.15. The Kier molecular flexibility index (Phi) is 5.01. The summed E-state index contributed by atoms with van der Waals surface area (Å²) in [6.07, 6.45) is 0. The van der Waals surface area contributed by atoms with Crippen LogP contribution in [0.2, 0.25) is 0 Å². The van der Waals surface area contributed by atoms with Gasteiger partial charge in [0.25, 0.3) is 0 Å². The minimum atomic E-state index is -0.383. The first-order valence-corrected chi connectivity index (χ1v) is 8.23. The van der Waals surface area contributed by atoms with E-state index in [0.717, 1.165) is 16.7 Å². The fraction of sp³-hybridized carbons (Fsp3) is 0.143. The van der Waals surface area contributed by atoms with Crippen molar-refractivity contribution >= 4 is 5.97 Å². The van der Waals surface area contributed by atoms with Gasteiger partial charge in [0.1, 0.15) is 18.0 Å². The number of nitriles is 2. The molecule has 6 heteroatoms. The fourth-order valence-corrected chi connectivity index (χ4v) is 2.94. The summed E-state index contributed by atoms with van der Waals surface area (Å²) >= 11 is 0. The van der Waals surface area contributed by atoms with Gasteiger partial charge in [0.15, 0.2) is 11.4 Å². The Morgan fingerprint density at radius 2 is 1.81 bits per heavy atom. The third kappa shape index (κ3) is 3.42. The largest absolute Gasteiger partial charge is 0.465 e. The smallest absolute Gasteiger partial charge is 0.338 e. The first-order valence-electron chi connectivity index (χ1n) is 8.23. The molecule has 0 unspecified atom stereocenters. The third-order valence-electron chi connectivity index (χ3n) is 4.31. The van der Waals surface area contributed by atoms with E-state index in [0.29, 0.717) is 17.9 Å². The number of ether oxygens (including phenoxy) is 1.